The number of halogens is 1. The number of carbonyl (C=O) groups excluding carboxylic acids is 1. The predicted molar refractivity (Wildman–Crippen MR) is 77.8 cm³/mol. The van der Waals surface area contributed by atoms with Gasteiger partial charge in [0.2, 0.25) is 0 Å². The standard InChI is InChI=1S/C16H17FN2O/c1-2-11-5-3-4-6-12(11)10-19-16(20)14-9-13(17)7-8-15(14)18/h3-9H,2,10,18H2,1H3,(H,19,20). The molecular weight excluding hydrogens is 255 g/mol. The third-order valence-electron chi connectivity index (χ3n) is 3.20. The van der Waals surface area contributed by atoms with Crippen LogP contribution in [0.5, 0.6) is 0 Å². The average Bonchev–Trinajstić information content (AvgIpc) is 2.47. The summed E-state index contributed by atoms with van der Waals surface area (Å²) in [4.78, 5) is 12.0. The van der Waals surface area contributed by atoms with E-state index in [1.807, 2.05) is 24.3 Å². The van der Waals surface area contributed by atoms with E-state index in [-0.39, 0.29) is 17.2 Å². The van der Waals surface area contributed by atoms with Gasteiger partial charge in [0, 0.05) is 12.2 Å². The Morgan fingerprint density at radius 1 is 1.20 bits per heavy atom. The average molecular weight is 272 g/mol. The van der Waals surface area contributed by atoms with Crippen LogP contribution < -0.4 is 11.1 Å². The highest BCUT2D eigenvalue weighted by atomic mass is 19.1. The smallest absolute Gasteiger partial charge is 0.253 e. The van der Waals surface area contributed by atoms with Crippen molar-refractivity contribution in [1.82, 2.24) is 5.32 Å². The Morgan fingerprint density at radius 3 is 2.60 bits per heavy atom. The number of nitrogens with two attached hydrogens (primary N) is 1. The molecule has 2 aromatic rings. The minimum atomic E-state index is -0.474. The molecule has 2 aromatic carbocycles. The molecule has 4 heteroatoms. The van der Waals surface area contributed by atoms with Crippen molar-refractivity contribution >= 4 is 11.6 Å². The summed E-state index contributed by atoms with van der Waals surface area (Å²) in [6, 6.07) is 11.7. The molecule has 0 bridgehead atoms. The predicted octanol–water partition coefficient (Wildman–Crippen LogP) is 2.90. The van der Waals surface area contributed by atoms with E-state index < -0.39 is 5.82 Å². The summed E-state index contributed by atoms with van der Waals surface area (Å²) >= 11 is 0. The normalized spacial score (nSPS) is 10.3. The van der Waals surface area contributed by atoms with Gasteiger partial charge in [0.15, 0.2) is 0 Å². The van der Waals surface area contributed by atoms with Gasteiger partial charge in [-0.25, -0.2) is 4.39 Å². The molecule has 20 heavy (non-hydrogen) atoms. The molecule has 0 aliphatic rings. The Bertz CT molecular complexity index is 626. The van der Waals surface area contributed by atoms with E-state index in [4.69, 9.17) is 5.73 Å². The van der Waals surface area contributed by atoms with Crippen LogP contribution in [-0.2, 0) is 13.0 Å². The Balaban J connectivity index is 2.11. The topological polar surface area (TPSA) is 55.1 Å². The number of carbonyl (C=O) groups is 1. The van der Waals surface area contributed by atoms with Gasteiger partial charge in [0.05, 0.1) is 5.56 Å². The number of amides is 1. The second-order valence-corrected chi connectivity index (χ2v) is 4.54. The van der Waals surface area contributed by atoms with Crippen molar-refractivity contribution in [1.29, 1.82) is 0 Å². The van der Waals surface area contributed by atoms with Gasteiger partial charge >= 0.3 is 0 Å². The van der Waals surface area contributed by atoms with E-state index in [0.717, 1.165) is 18.1 Å². The van der Waals surface area contributed by atoms with Crippen LogP contribution in [0, 0.1) is 5.82 Å². The van der Waals surface area contributed by atoms with Crippen LogP contribution in [-0.4, -0.2) is 5.91 Å². The molecule has 3 N–H and O–H groups in total. The van der Waals surface area contributed by atoms with E-state index in [2.05, 4.69) is 12.2 Å². The van der Waals surface area contributed by atoms with Gasteiger partial charge in [-0.3, -0.25) is 4.79 Å². The first-order valence-electron chi connectivity index (χ1n) is 6.51. The minimum Gasteiger partial charge on any atom is -0.398 e. The zero-order chi connectivity index (χ0) is 14.5. The zero-order valence-electron chi connectivity index (χ0n) is 11.3. The first kappa shape index (κ1) is 14.1. The van der Waals surface area contributed by atoms with Gasteiger partial charge in [-0.1, -0.05) is 31.2 Å². The highest BCUT2D eigenvalue weighted by molar-refractivity contribution is 5.99. The van der Waals surface area contributed by atoms with Gasteiger partial charge in [-0.2, -0.15) is 0 Å². The van der Waals surface area contributed by atoms with Crippen LogP contribution in [0.3, 0.4) is 0 Å². The maximum Gasteiger partial charge on any atom is 0.253 e. The summed E-state index contributed by atoms with van der Waals surface area (Å²) in [5, 5.41) is 2.77. The molecule has 0 aliphatic heterocycles. The van der Waals surface area contributed by atoms with Crippen molar-refractivity contribution in [3.05, 3.63) is 65.0 Å². The number of hydrogen-bond acceptors (Lipinski definition) is 2. The van der Waals surface area contributed by atoms with E-state index in [1.165, 1.54) is 17.7 Å². The van der Waals surface area contributed by atoms with Crippen LogP contribution in [0.25, 0.3) is 0 Å². The SMILES string of the molecule is CCc1ccccc1CNC(=O)c1cc(F)ccc1N. The number of nitrogens with one attached hydrogen (secondary N) is 1. The molecule has 0 unspecified atom stereocenters. The molecule has 2 rings (SSSR count). The van der Waals surface area contributed by atoms with Gasteiger partial charge in [0.25, 0.3) is 5.91 Å². The van der Waals surface area contributed by atoms with E-state index in [1.54, 1.807) is 0 Å². The number of rotatable bonds is 4. The summed E-state index contributed by atoms with van der Waals surface area (Å²) in [5.41, 5.74) is 8.36. The molecule has 104 valence electrons. The maximum absolute atomic E-state index is 13.2. The summed E-state index contributed by atoms with van der Waals surface area (Å²) in [7, 11) is 0. The molecule has 0 saturated heterocycles. The number of nitrogen functional groups attached to an aromatic ring is 1. The largest absolute Gasteiger partial charge is 0.398 e. The van der Waals surface area contributed by atoms with E-state index in [9.17, 15) is 9.18 Å². The van der Waals surface area contributed by atoms with E-state index >= 15 is 0 Å². The monoisotopic (exact) mass is 272 g/mol. The van der Waals surface area contributed by atoms with Crippen molar-refractivity contribution in [3.8, 4) is 0 Å². The molecule has 0 saturated carbocycles. The van der Waals surface area contributed by atoms with E-state index in [0.29, 0.717) is 6.54 Å². The summed E-state index contributed by atoms with van der Waals surface area (Å²) in [6.07, 6.45) is 0.897. The molecule has 1 amide bonds. The lowest BCUT2D eigenvalue weighted by Crippen LogP contribution is -2.24. The third kappa shape index (κ3) is 3.15. The van der Waals surface area contributed by atoms with Crippen molar-refractivity contribution in [3.63, 3.8) is 0 Å². The second kappa shape index (κ2) is 6.19. The molecule has 3 nitrogen and oxygen atoms in total. The Kier molecular flexibility index (Phi) is 4.35. The lowest BCUT2D eigenvalue weighted by molar-refractivity contribution is 0.0951. The molecule has 0 radical (unpaired) electrons. The van der Waals surface area contributed by atoms with Crippen molar-refractivity contribution < 1.29 is 9.18 Å². The highest BCUT2D eigenvalue weighted by Gasteiger charge is 2.11. The van der Waals surface area contributed by atoms with Crippen LogP contribution in [0.1, 0.15) is 28.4 Å². The molecule has 0 atom stereocenters. The fraction of sp³-hybridized carbons (Fsp3) is 0.188. The molecule has 0 aliphatic carbocycles. The van der Waals surface area contributed by atoms with Crippen LogP contribution in [0.15, 0.2) is 42.5 Å². The van der Waals surface area contributed by atoms with Gasteiger partial charge < -0.3 is 11.1 Å². The van der Waals surface area contributed by atoms with Crippen molar-refractivity contribution in [2.75, 3.05) is 5.73 Å². The zero-order valence-corrected chi connectivity index (χ0v) is 11.3. The third-order valence-corrected chi connectivity index (χ3v) is 3.20. The molecular formula is C16H17FN2O. The second-order valence-electron chi connectivity index (χ2n) is 4.54. The first-order valence-corrected chi connectivity index (χ1v) is 6.51. The summed E-state index contributed by atoms with van der Waals surface area (Å²) in [6.45, 7) is 2.46. The van der Waals surface area contributed by atoms with Gasteiger partial charge in [-0.15, -0.1) is 0 Å². The van der Waals surface area contributed by atoms with Gasteiger partial charge in [-0.05, 0) is 35.7 Å². The number of benzene rings is 2. The van der Waals surface area contributed by atoms with Crippen LogP contribution in [0.4, 0.5) is 10.1 Å². The van der Waals surface area contributed by atoms with Crippen LogP contribution >= 0.6 is 0 Å². The maximum atomic E-state index is 13.2. The number of anilines is 1. The Labute approximate surface area is 117 Å². The quantitative estimate of drug-likeness (QED) is 0.841. The van der Waals surface area contributed by atoms with Gasteiger partial charge in [0.1, 0.15) is 5.82 Å². The first-order chi connectivity index (χ1) is 9.61. The summed E-state index contributed by atoms with van der Waals surface area (Å²) < 4.78 is 13.2. The molecule has 0 spiro atoms. The Hall–Kier alpha value is -2.36. The lowest BCUT2D eigenvalue weighted by Gasteiger charge is -2.10. The fourth-order valence-corrected chi connectivity index (χ4v) is 2.07. The fourth-order valence-electron chi connectivity index (χ4n) is 2.07. The molecule has 0 heterocycles. The lowest BCUT2D eigenvalue weighted by atomic mass is 10.1. The molecule has 0 aromatic heterocycles. The van der Waals surface area contributed by atoms with Crippen molar-refractivity contribution in [2.24, 2.45) is 0 Å². The molecule has 0 fully saturated rings. The number of hydrogen-bond donors (Lipinski definition) is 2. The highest BCUT2D eigenvalue weighted by Crippen LogP contribution is 2.14. The minimum absolute atomic E-state index is 0.166. The van der Waals surface area contributed by atoms with Crippen molar-refractivity contribution in [2.45, 2.75) is 19.9 Å². The number of aryl methyl sites for hydroxylation is 1. The van der Waals surface area contributed by atoms with Crippen LogP contribution in [0.2, 0.25) is 0 Å². The summed E-state index contributed by atoms with van der Waals surface area (Å²) in [5.74, 6) is -0.841. The Morgan fingerprint density at radius 2 is 1.90 bits per heavy atom.